The highest BCUT2D eigenvalue weighted by Gasteiger charge is 2.42. The monoisotopic (exact) mass is 566 g/mol. The topological polar surface area (TPSA) is 83.6 Å². The fourth-order valence-electron chi connectivity index (χ4n) is 5.85. The first-order chi connectivity index (χ1) is 19.2. The van der Waals surface area contributed by atoms with E-state index in [4.69, 9.17) is 14.2 Å². The Morgan fingerprint density at radius 2 is 1.80 bits per heavy atom. The molecule has 3 aliphatic heterocycles. The third-order valence-corrected chi connectivity index (χ3v) is 7.85. The Bertz CT molecular complexity index is 1210. The minimum absolute atomic E-state index is 0. The van der Waals surface area contributed by atoms with Crippen molar-refractivity contribution in [2.45, 2.75) is 66.2 Å². The van der Waals surface area contributed by atoms with E-state index in [0.717, 1.165) is 41.5 Å². The Balaban J connectivity index is 0.00000387. The SMILES string of the molecule is C.COc1cccc(CN(C(=O)CC(C)(C)C)[C@H]2C[C@@H](C(=O)N3CCNCC3)N(Cc3ccc4c(c3)OCO4)C2)c1. The maximum Gasteiger partial charge on any atom is 0.240 e. The van der Waals surface area contributed by atoms with E-state index in [1.54, 1.807) is 7.11 Å². The lowest BCUT2D eigenvalue weighted by atomic mass is 9.91. The summed E-state index contributed by atoms with van der Waals surface area (Å²) in [6.07, 6.45) is 1.04. The van der Waals surface area contributed by atoms with Crippen molar-refractivity contribution in [3.8, 4) is 17.2 Å². The number of nitrogens with zero attached hydrogens (tertiary/aromatic N) is 3. The van der Waals surface area contributed by atoms with Crippen LogP contribution >= 0.6 is 0 Å². The van der Waals surface area contributed by atoms with Crippen molar-refractivity contribution in [3.05, 3.63) is 53.6 Å². The number of rotatable bonds is 8. The molecule has 1 N–H and O–H groups in total. The molecule has 2 fully saturated rings. The van der Waals surface area contributed by atoms with Gasteiger partial charge in [0.2, 0.25) is 18.6 Å². The van der Waals surface area contributed by atoms with Gasteiger partial charge in [-0.15, -0.1) is 0 Å². The third kappa shape index (κ3) is 7.51. The maximum atomic E-state index is 13.9. The molecule has 224 valence electrons. The number of carbonyl (C=O) groups is 2. The molecule has 2 aromatic carbocycles. The highest BCUT2D eigenvalue weighted by molar-refractivity contribution is 5.83. The zero-order valence-electron chi connectivity index (χ0n) is 24.2. The fraction of sp³-hybridized carbons (Fsp3) is 0.562. The molecule has 2 atom stereocenters. The van der Waals surface area contributed by atoms with Gasteiger partial charge in [0.05, 0.1) is 13.2 Å². The summed E-state index contributed by atoms with van der Waals surface area (Å²) >= 11 is 0. The van der Waals surface area contributed by atoms with Gasteiger partial charge in [-0.25, -0.2) is 0 Å². The smallest absolute Gasteiger partial charge is 0.240 e. The Labute approximate surface area is 244 Å². The van der Waals surface area contributed by atoms with Crippen molar-refractivity contribution in [3.63, 3.8) is 0 Å². The Morgan fingerprint density at radius 3 is 2.54 bits per heavy atom. The lowest BCUT2D eigenvalue weighted by molar-refractivity contribution is -0.138. The minimum Gasteiger partial charge on any atom is -0.497 e. The summed E-state index contributed by atoms with van der Waals surface area (Å²) in [7, 11) is 1.65. The highest BCUT2D eigenvalue weighted by Crippen LogP contribution is 2.35. The number of hydrogen-bond donors (Lipinski definition) is 1. The summed E-state index contributed by atoms with van der Waals surface area (Å²) in [4.78, 5) is 33.9. The second kappa shape index (κ2) is 13.1. The van der Waals surface area contributed by atoms with Crippen LogP contribution in [0.1, 0.15) is 52.2 Å². The minimum atomic E-state index is -0.302. The van der Waals surface area contributed by atoms with E-state index in [1.807, 2.05) is 52.3 Å². The molecular weight excluding hydrogens is 520 g/mol. The second-order valence-corrected chi connectivity index (χ2v) is 12.2. The summed E-state index contributed by atoms with van der Waals surface area (Å²) in [5.74, 6) is 2.50. The number of hydrogen-bond acceptors (Lipinski definition) is 7. The van der Waals surface area contributed by atoms with E-state index in [0.29, 0.717) is 45.6 Å². The van der Waals surface area contributed by atoms with Gasteiger partial charge < -0.3 is 29.3 Å². The largest absolute Gasteiger partial charge is 0.497 e. The van der Waals surface area contributed by atoms with Gasteiger partial charge in [-0.05, 0) is 47.2 Å². The summed E-state index contributed by atoms with van der Waals surface area (Å²) in [5.41, 5.74) is 1.93. The molecule has 0 unspecified atom stereocenters. The quantitative estimate of drug-likeness (QED) is 0.519. The van der Waals surface area contributed by atoms with Gasteiger partial charge >= 0.3 is 0 Å². The number of likely N-dealkylation sites (tertiary alicyclic amines) is 1. The van der Waals surface area contributed by atoms with Gasteiger partial charge in [0.25, 0.3) is 0 Å². The van der Waals surface area contributed by atoms with E-state index < -0.39 is 0 Å². The van der Waals surface area contributed by atoms with Crippen LogP contribution in [0.5, 0.6) is 17.2 Å². The number of fused-ring (bicyclic) bond motifs is 1. The molecule has 41 heavy (non-hydrogen) atoms. The summed E-state index contributed by atoms with van der Waals surface area (Å²) in [6.45, 7) is 11.2. The van der Waals surface area contributed by atoms with Crippen LogP contribution in [0.3, 0.4) is 0 Å². The van der Waals surface area contributed by atoms with Gasteiger partial charge in [-0.3, -0.25) is 14.5 Å². The van der Waals surface area contributed by atoms with Gasteiger partial charge in [0.15, 0.2) is 11.5 Å². The molecule has 5 rings (SSSR count). The third-order valence-electron chi connectivity index (χ3n) is 7.85. The van der Waals surface area contributed by atoms with Crippen LogP contribution in [0.2, 0.25) is 0 Å². The number of nitrogens with one attached hydrogen (secondary N) is 1. The van der Waals surface area contributed by atoms with Crippen LogP contribution in [0, 0.1) is 5.41 Å². The van der Waals surface area contributed by atoms with Crippen LogP contribution in [0.4, 0.5) is 0 Å². The van der Waals surface area contributed by atoms with Crippen LogP contribution < -0.4 is 19.5 Å². The molecule has 2 amide bonds. The predicted octanol–water partition coefficient (Wildman–Crippen LogP) is 3.90. The highest BCUT2D eigenvalue weighted by atomic mass is 16.7. The number of methoxy groups -OCH3 is 1. The molecule has 0 saturated carbocycles. The molecule has 0 bridgehead atoms. The van der Waals surface area contributed by atoms with Gasteiger partial charge in [0.1, 0.15) is 5.75 Å². The zero-order chi connectivity index (χ0) is 28.3. The molecule has 2 aromatic rings. The lowest BCUT2D eigenvalue weighted by Crippen LogP contribution is -2.52. The average molecular weight is 567 g/mol. The molecule has 2 saturated heterocycles. The molecule has 0 aromatic heterocycles. The molecule has 0 radical (unpaired) electrons. The fourth-order valence-corrected chi connectivity index (χ4v) is 5.85. The van der Waals surface area contributed by atoms with Crippen molar-refractivity contribution in [2.75, 3.05) is 46.6 Å². The van der Waals surface area contributed by atoms with Crippen molar-refractivity contribution in [1.29, 1.82) is 0 Å². The molecule has 0 spiro atoms. The van der Waals surface area contributed by atoms with Crippen molar-refractivity contribution in [1.82, 2.24) is 20.0 Å². The maximum absolute atomic E-state index is 13.9. The number of amides is 2. The van der Waals surface area contributed by atoms with Crippen molar-refractivity contribution in [2.24, 2.45) is 5.41 Å². The zero-order valence-corrected chi connectivity index (χ0v) is 24.2. The van der Waals surface area contributed by atoms with E-state index in [-0.39, 0.29) is 43.5 Å². The van der Waals surface area contributed by atoms with E-state index >= 15 is 0 Å². The van der Waals surface area contributed by atoms with Gasteiger partial charge in [-0.2, -0.15) is 0 Å². The first-order valence-corrected chi connectivity index (χ1v) is 14.2. The Morgan fingerprint density at radius 1 is 1.05 bits per heavy atom. The van der Waals surface area contributed by atoms with Gasteiger partial charge in [0, 0.05) is 58.3 Å². The molecular formula is C32H46N4O5. The number of ether oxygens (including phenoxy) is 3. The molecule has 3 aliphatic rings. The second-order valence-electron chi connectivity index (χ2n) is 12.2. The first kappa shape index (κ1) is 30.7. The van der Waals surface area contributed by atoms with Crippen LogP contribution in [0.15, 0.2) is 42.5 Å². The molecule has 0 aliphatic carbocycles. The summed E-state index contributed by atoms with van der Waals surface area (Å²) < 4.78 is 16.6. The van der Waals surface area contributed by atoms with Gasteiger partial charge in [-0.1, -0.05) is 46.4 Å². The van der Waals surface area contributed by atoms with E-state index in [1.165, 1.54) is 0 Å². The van der Waals surface area contributed by atoms with Crippen molar-refractivity contribution < 1.29 is 23.8 Å². The van der Waals surface area contributed by atoms with Crippen LogP contribution in [0.25, 0.3) is 0 Å². The van der Waals surface area contributed by atoms with Crippen LogP contribution in [-0.2, 0) is 22.7 Å². The normalized spacial score (nSPS) is 20.4. The molecule has 3 heterocycles. The lowest BCUT2D eigenvalue weighted by Gasteiger charge is -2.33. The number of piperazine rings is 1. The molecule has 9 heteroatoms. The summed E-state index contributed by atoms with van der Waals surface area (Å²) in [6, 6.07) is 13.5. The Kier molecular flexibility index (Phi) is 9.81. The average Bonchev–Trinajstić information content (AvgIpc) is 3.58. The summed E-state index contributed by atoms with van der Waals surface area (Å²) in [5, 5.41) is 3.34. The Hall–Kier alpha value is -3.30. The number of carbonyl (C=O) groups excluding carboxylic acids is 2. The van der Waals surface area contributed by atoms with Crippen LogP contribution in [-0.4, -0.2) is 85.2 Å². The molecule has 9 nitrogen and oxygen atoms in total. The van der Waals surface area contributed by atoms with Crippen molar-refractivity contribution >= 4 is 11.8 Å². The predicted molar refractivity (Wildman–Crippen MR) is 159 cm³/mol. The number of benzene rings is 2. The first-order valence-electron chi connectivity index (χ1n) is 14.2. The standard InChI is InChI=1S/C31H42N4O5.CH4/c1-31(2,3)17-29(36)35(19-22-6-5-7-25(14-22)38-4)24-16-26(30(37)33-12-10-32-11-13-33)34(20-24)18-23-8-9-27-28(15-23)40-21-39-27;/h5-9,14-15,24,26,32H,10-13,16-21H2,1-4H3;1H4/t24-,26-;/m0./s1. The van der Waals surface area contributed by atoms with E-state index in [9.17, 15) is 9.59 Å². The van der Waals surface area contributed by atoms with E-state index in [2.05, 4.69) is 31.0 Å².